The Balaban J connectivity index is 2.23. The number of ether oxygens (including phenoxy) is 3. The fraction of sp³-hybridized carbons (Fsp3) is 0.444. The van der Waals surface area contributed by atoms with E-state index in [1.54, 1.807) is 32.1 Å². The van der Waals surface area contributed by atoms with E-state index in [4.69, 9.17) is 14.2 Å². The first-order valence-corrected chi connectivity index (χ1v) is 7.99. The number of amides is 1. The van der Waals surface area contributed by atoms with Gasteiger partial charge in [-0.2, -0.15) is 0 Å². The summed E-state index contributed by atoms with van der Waals surface area (Å²) in [6, 6.07) is 3.34. The third-order valence-corrected chi connectivity index (χ3v) is 4.61. The highest BCUT2D eigenvalue weighted by molar-refractivity contribution is 6.10. The van der Waals surface area contributed by atoms with Gasteiger partial charge in [0, 0.05) is 18.1 Å². The van der Waals surface area contributed by atoms with Crippen molar-refractivity contribution in [3.05, 3.63) is 23.3 Å². The van der Waals surface area contributed by atoms with Gasteiger partial charge in [0.2, 0.25) is 5.91 Å². The van der Waals surface area contributed by atoms with Crippen LogP contribution in [-0.4, -0.2) is 38.7 Å². The standard InChI is InChI=1S/C18H21NO5/c1-5-24-18(21)17-10(2)11-8-14(22-3)15(23-4)9-13(11)19-12(17)6-7-16(19)20/h8-9,12H,5-7H2,1-4H3. The third kappa shape index (κ3) is 2.33. The van der Waals surface area contributed by atoms with E-state index in [1.807, 2.05) is 13.0 Å². The molecule has 0 bridgehead atoms. The molecule has 2 aliphatic heterocycles. The lowest BCUT2D eigenvalue weighted by Crippen LogP contribution is -2.40. The molecule has 1 unspecified atom stereocenters. The first-order valence-electron chi connectivity index (χ1n) is 7.99. The van der Waals surface area contributed by atoms with Gasteiger partial charge in [-0.3, -0.25) is 4.79 Å². The molecule has 0 N–H and O–H groups in total. The number of benzene rings is 1. The number of nitrogens with zero attached hydrogens (tertiary/aromatic N) is 1. The van der Waals surface area contributed by atoms with Crippen LogP contribution in [0.5, 0.6) is 11.5 Å². The molecule has 0 saturated carbocycles. The predicted octanol–water partition coefficient (Wildman–Crippen LogP) is 2.55. The van der Waals surface area contributed by atoms with Gasteiger partial charge in [0.15, 0.2) is 11.5 Å². The monoisotopic (exact) mass is 331 g/mol. The number of fused-ring (bicyclic) bond motifs is 3. The van der Waals surface area contributed by atoms with Crippen LogP contribution in [0.3, 0.4) is 0 Å². The molecule has 24 heavy (non-hydrogen) atoms. The van der Waals surface area contributed by atoms with Crippen LogP contribution in [0.25, 0.3) is 5.57 Å². The van der Waals surface area contributed by atoms with Gasteiger partial charge in [-0.1, -0.05) is 0 Å². The van der Waals surface area contributed by atoms with E-state index >= 15 is 0 Å². The molecule has 1 amide bonds. The van der Waals surface area contributed by atoms with Crippen molar-refractivity contribution < 1.29 is 23.8 Å². The molecule has 3 rings (SSSR count). The highest BCUT2D eigenvalue weighted by Crippen LogP contribution is 2.47. The van der Waals surface area contributed by atoms with E-state index in [9.17, 15) is 9.59 Å². The molecule has 0 radical (unpaired) electrons. The average molecular weight is 331 g/mol. The van der Waals surface area contributed by atoms with Gasteiger partial charge < -0.3 is 19.1 Å². The van der Waals surface area contributed by atoms with E-state index in [1.165, 1.54) is 0 Å². The lowest BCUT2D eigenvalue weighted by atomic mass is 9.89. The van der Waals surface area contributed by atoms with Crippen molar-refractivity contribution in [2.45, 2.75) is 32.7 Å². The quantitative estimate of drug-likeness (QED) is 0.793. The highest BCUT2D eigenvalue weighted by Gasteiger charge is 2.43. The molecule has 0 aromatic heterocycles. The Bertz CT molecular complexity index is 737. The SMILES string of the molecule is CCOC(=O)C1=C(C)c2cc(OC)c(OC)cc2N2C(=O)CCC12. The molecule has 6 heteroatoms. The molecule has 0 aliphatic carbocycles. The predicted molar refractivity (Wildman–Crippen MR) is 89.3 cm³/mol. The molecular formula is C18H21NO5. The minimum Gasteiger partial charge on any atom is -0.493 e. The van der Waals surface area contributed by atoms with Crippen LogP contribution in [0.1, 0.15) is 32.3 Å². The molecule has 1 atom stereocenters. The molecule has 1 aromatic rings. The van der Waals surface area contributed by atoms with E-state index in [0.717, 1.165) is 16.8 Å². The summed E-state index contributed by atoms with van der Waals surface area (Å²) >= 11 is 0. The second-order valence-electron chi connectivity index (χ2n) is 5.80. The maximum Gasteiger partial charge on any atom is 0.336 e. The van der Waals surface area contributed by atoms with Crippen molar-refractivity contribution in [2.24, 2.45) is 0 Å². The Labute approximate surface area is 141 Å². The third-order valence-electron chi connectivity index (χ3n) is 4.61. The van der Waals surface area contributed by atoms with Crippen molar-refractivity contribution in [1.82, 2.24) is 0 Å². The van der Waals surface area contributed by atoms with Crippen LogP contribution in [0.15, 0.2) is 17.7 Å². The average Bonchev–Trinajstić information content (AvgIpc) is 2.95. The van der Waals surface area contributed by atoms with E-state index < -0.39 is 0 Å². The summed E-state index contributed by atoms with van der Waals surface area (Å²) in [6.07, 6.45) is 1.02. The second kappa shape index (κ2) is 6.19. The summed E-state index contributed by atoms with van der Waals surface area (Å²) in [6.45, 7) is 3.96. The molecule has 128 valence electrons. The van der Waals surface area contributed by atoms with Gasteiger partial charge in [0.1, 0.15) is 0 Å². The lowest BCUT2D eigenvalue weighted by molar-refractivity contribution is -0.138. The van der Waals surface area contributed by atoms with E-state index in [2.05, 4.69) is 0 Å². The first-order chi connectivity index (χ1) is 11.5. The highest BCUT2D eigenvalue weighted by atomic mass is 16.5. The number of anilines is 1. The lowest BCUT2D eigenvalue weighted by Gasteiger charge is -2.34. The Morgan fingerprint density at radius 2 is 1.92 bits per heavy atom. The van der Waals surface area contributed by atoms with Gasteiger partial charge in [0.25, 0.3) is 0 Å². The maximum atomic E-state index is 12.5. The topological polar surface area (TPSA) is 65.1 Å². The summed E-state index contributed by atoms with van der Waals surface area (Å²) in [7, 11) is 3.12. The van der Waals surface area contributed by atoms with Crippen LogP contribution in [0.2, 0.25) is 0 Å². The fourth-order valence-corrected chi connectivity index (χ4v) is 3.52. The summed E-state index contributed by atoms with van der Waals surface area (Å²) < 4.78 is 15.9. The number of methoxy groups -OCH3 is 2. The molecule has 6 nitrogen and oxygen atoms in total. The zero-order chi connectivity index (χ0) is 17.4. The maximum absolute atomic E-state index is 12.5. The molecule has 1 saturated heterocycles. The van der Waals surface area contributed by atoms with Gasteiger partial charge in [0.05, 0.1) is 38.1 Å². The number of rotatable bonds is 4. The Morgan fingerprint density at radius 1 is 1.25 bits per heavy atom. The Kier molecular flexibility index (Phi) is 4.22. The zero-order valence-corrected chi connectivity index (χ0v) is 14.3. The molecule has 2 heterocycles. The van der Waals surface area contributed by atoms with Crippen molar-refractivity contribution in [3.8, 4) is 11.5 Å². The number of hydrogen-bond acceptors (Lipinski definition) is 5. The van der Waals surface area contributed by atoms with Gasteiger partial charge >= 0.3 is 5.97 Å². The van der Waals surface area contributed by atoms with Crippen molar-refractivity contribution in [1.29, 1.82) is 0 Å². The van der Waals surface area contributed by atoms with Gasteiger partial charge in [-0.25, -0.2) is 4.79 Å². The van der Waals surface area contributed by atoms with Crippen molar-refractivity contribution in [2.75, 3.05) is 25.7 Å². The van der Waals surface area contributed by atoms with Crippen molar-refractivity contribution in [3.63, 3.8) is 0 Å². The van der Waals surface area contributed by atoms with E-state index in [0.29, 0.717) is 36.5 Å². The zero-order valence-electron chi connectivity index (χ0n) is 14.3. The normalized spacial score (nSPS) is 19.1. The van der Waals surface area contributed by atoms with Crippen LogP contribution < -0.4 is 14.4 Å². The fourth-order valence-electron chi connectivity index (χ4n) is 3.52. The van der Waals surface area contributed by atoms with E-state index in [-0.39, 0.29) is 17.9 Å². The number of allylic oxidation sites excluding steroid dienone is 1. The molecule has 0 spiro atoms. The summed E-state index contributed by atoms with van der Waals surface area (Å²) in [5.41, 5.74) is 2.93. The Morgan fingerprint density at radius 3 is 2.54 bits per heavy atom. The van der Waals surface area contributed by atoms with Gasteiger partial charge in [-0.05, 0) is 31.9 Å². The summed E-state index contributed by atoms with van der Waals surface area (Å²) in [5.74, 6) is 0.758. The first kappa shape index (κ1) is 16.4. The molecule has 2 aliphatic rings. The van der Waals surface area contributed by atoms with Gasteiger partial charge in [-0.15, -0.1) is 0 Å². The summed E-state index contributed by atoms with van der Waals surface area (Å²) in [4.78, 5) is 26.6. The van der Waals surface area contributed by atoms with Crippen LogP contribution in [0, 0.1) is 0 Å². The minimum atomic E-state index is -0.361. The van der Waals surface area contributed by atoms with Crippen molar-refractivity contribution >= 4 is 23.1 Å². The Hall–Kier alpha value is -2.50. The smallest absolute Gasteiger partial charge is 0.336 e. The largest absolute Gasteiger partial charge is 0.493 e. The molecular weight excluding hydrogens is 310 g/mol. The van der Waals surface area contributed by atoms with Crippen LogP contribution in [-0.2, 0) is 14.3 Å². The molecule has 1 aromatic carbocycles. The van der Waals surface area contributed by atoms with Crippen LogP contribution >= 0.6 is 0 Å². The van der Waals surface area contributed by atoms with Crippen LogP contribution in [0.4, 0.5) is 5.69 Å². The minimum absolute atomic E-state index is 0.00256. The number of hydrogen-bond donors (Lipinski definition) is 0. The number of carbonyl (C=O) groups is 2. The molecule has 1 fully saturated rings. The second-order valence-corrected chi connectivity index (χ2v) is 5.80. The number of esters is 1. The summed E-state index contributed by atoms with van der Waals surface area (Å²) in [5, 5.41) is 0. The number of carbonyl (C=O) groups excluding carboxylic acids is 2.